The van der Waals surface area contributed by atoms with Gasteiger partial charge in [-0.15, -0.1) is 0 Å². The van der Waals surface area contributed by atoms with Crippen LogP contribution in [-0.2, 0) is 5.41 Å². The maximum absolute atomic E-state index is 6.68. The van der Waals surface area contributed by atoms with Crippen LogP contribution < -0.4 is 19.3 Å². The van der Waals surface area contributed by atoms with Crippen molar-refractivity contribution in [2.24, 2.45) is 0 Å². The average molecular weight is 350 g/mol. The molecule has 2 aromatic rings. The number of ether oxygens (including phenoxy) is 2. The molecule has 4 heteroatoms. The van der Waals surface area contributed by atoms with Gasteiger partial charge in [-0.25, -0.2) is 0 Å². The van der Waals surface area contributed by atoms with Gasteiger partial charge in [0, 0.05) is 38.1 Å². The van der Waals surface area contributed by atoms with E-state index in [1.54, 1.807) is 7.11 Å². The highest BCUT2D eigenvalue weighted by molar-refractivity contribution is 5.74. The standard InChI is InChI=1S/C22H26N2O2/c1-21(2)18-14-17(25-6)8-9-19(18)24(5)22(21)12-11-15-13-16(23(3)4)7-10-20(15)26-22/h7-14H,1-6H3. The fourth-order valence-electron chi connectivity index (χ4n) is 4.18. The number of hydrogen-bond donors (Lipinski definition) is 0. The van der Waals surface area contributed by atoms with Gasteiger partial charge in [0.05, 0.1) is 12.5 Å². The normalized spacial score (nSPS) is 22.0. The van der Waals surface area contributed by atoms with Crippen molar-refractivity contribution in [2.45, 2.75) is 25.0 Å². The van der Waals surface area contributed by atoms with E-state index in [1.807, 2.05) is 6.07 Å². The number of anilines is 2. The van der Waals surface area contributed by atoms with Gasteiger partial charge in [0.15, 0.2) is 0 Å². The lowest BCUT2D eigenvalue weighted by molar-refractivity contribution is 0.0581. The smallest absolute Gasteiger partial charge is 0.211 e. The summed E-state index contributed by atoms with van der Waals surface area (Å²) in [5.74, 6) is 1.79. The van der Waals surface area contributed by atoms with Crippen molar-refractivity contribution in [3.05, 3.63) is 53.6 Å². The number of methoxy groups -OCH3 is 1. The predicted molar refractivity (Wildman–Crippen MR) is 108 cm³/mol. The first kappa shape index (κ1) is 16.8. The number of fused-ring (bicyclic) bond motifs is 2. The Balaban J connectivity index is 1.82. The van der Waals surface area contributed by atoms with Crippen molar-refractivity contribution in [2.75, 3.05) is 38.1 Å². The van der Waals surface area contributed by atoms with Crippen LogP contribution in [0.3, 0.4) is 0 Å². The van der Waals surface area contributed by atoms with Gasteiger partial charge in [-0.05, 0) is 68.0 Å². The summed E-state index contributed by atoms with van der Waals surface area (Å²) >= 11 is 0. The van der Waals surface area contributed by atoms with Crippen LogP contribution in [0.2, 0.25) is 0 Å². The molecule has 0 N–H and O–H groups in total. The summed E-state index contributed by atoms with van der Waals surface area (Å²) in [5, 5.41) is 0. The SMILES string of the molecule is COc1ccc2c(c1)C(C)(C)C1(C=Cc3cc(N(C)C)ccc3O1)N2C. The third kappa shape index (κ3) is 2.08. The van der Waals surface area contributed by atoms with Crippen LogP contribution in [0.25, 0.3) is 6.08 Å². The molecule has 0 aliphatic carbocycles. The molecule has 26 heavy (non-hydrogen) atoms. The Morgan fingerprint density at radius 2 is 1.85 bits per heavy atom. The van der Waals surface area contributed by atoms with Crippen LogP contribution in [0, 0.1) is 0 Å². The highest BCUT2D eigenvalue weighted by Crippen LogP contribution is 2.55. The predicted octanol–water partition coefficient (Wildman–Crippen LogP) is 4.29. The van der Waals surface area contributed by atoms with Crippen molar-refractivity contribution in [1.82, 2.24) is 0 Å². The summed E-state index contributed by atoms with van der Waals surface area (Å²) < 4.78 is 12.1. The summed E-state index contributed by atoms with van der Waals surface area (Å²) in [6.07, 6.45) is 4.38. The lowest BCUT2D eigenvalue weighted by atomic mass is 9.76. The van der Waals surface area contributed by atoms with Gasteiger partial charge < -0.3 is 19.3 Å². The molecule has 4 rings (SSSR count). The van der Waals surface area contributed by atoms with E-state index in [1.165, 1.54) is 16.9 Å². The van der Waals surface area contributed by atoms with Crippen molar-refractivity contribution in [3.63, 3.8) is 0 Å². The molecule has 0 saturated carbocycles. The molecule has 0 radical (unpaired) electrons. The number of hydrogen-bond acceptors (Lipinski definition) is 4. The highest BCUT2D eigenvalue weighted by Gasteiger charge is 2.57. The second kappa shape index (κ2) is 5.44. The molecule has 136 valence electrons. The van der Waals surface area contributed by atoms with E-state index < -0.39 is 5.72 Å². The third-order valence-corrected chi connectivity index (χ3v) is 5.90. The molecule has 0 saturated heterocycles. The zero-order valence-corrected chi connectivity index (χ0v) is 16.3. The van der Waals surface area contributed by atoms with Gasteiger partial charge in [0.2, 0.25) is 5.72 Å². The molecular weight excluding hydrogens is 324 g/mol. The zero-order valence-electron chi connectivity index (χ0n) is 16.3. The summed E-state index contributed by atoms with van der Waals surface area (Å²) in [6.45, 7) is 4.47. The molecular formula is C22H26N2O2. The van der Waals surface area contributed by atoms with Crippen LogP contribution in [-0.4, -0.2) is 34.0 Å². The molecule has 2 aliphatic rings. The zero-order chi connectivity index (χ0) is 18.7. The largest absolute Gasteiger partial charge is 0.497 e. The molecule has 2 aromatic carbocycles. The number of benzene rings is 2. The molecule has 0 bridgehead atoms. The van der Waals surface area contributed by atoms with E-state index in [2.05, 4.69) is 87.3 Å². The quantitative estimate of drug-likeness (QED) is 0.807. The Hall–Kier alpha value is -2.62. The van der Waals surface area contributed by atoms with E-state index in [-0.39, 0.29) is 5.41 Å². The Morgan fingerprint density at radius 1 is 1.08 bits per heavy atom. The first-order valence-corrected chi connectivity index (χ1v) is 8.92. The lowest BCUT2D eigenvalue weighted by Gasteiger charge is -2.45. The van der Waals surface area contributed by atoms with Crippen LogP contribution in [0.15, 0.2) is 42.5 Å². The summed E-state index contributed by atoms with van der Waals surface area (Å²) in [7, 11) is 7.91. The second-order valence-electron chi connectivity index (χ2n) is 7.82. The average Bonchev–Trinajstić information content (AvgIpc) is 2.79. The van der Waals surface area contributed by atoms with Gasteiger partial charge in [-0.3, -0.25) is 0 Å². The van der Waals surface area contributed by atoms with Gasteiger partial charge in [-0.2, -0.15) is 0 Å². The molecule has 1 spiro atoms. The van der Waals surface area contributed by atoms with Crippen molar-refractivity contribution in [3.8, 4) is 11.5 Å². The van der Waals surface area contributed by atoms with Crippen molar-refractivity contribution >= 4 is 17.5 Å². The molecule has 2 heterocycles. The van der Waals surface area contributed by atoms with Crippen LogP contribution >= 0.6 is 0 Å². The monoisotopic (exact) mass is 350 g/mol. The second-order valence-corrected chi connectivity index (χ2v) is 7.82. The minimum atomic E-state index is -0.561. The molecule has 0 amide bonds. The maximum atomic E-state index is 6.68. The Morgan fingerprint density at radius 3 is 2.54 bits per heavy atom. The number of rotatable bonds is 2. The molecule has 1 unspecified atom stereocenters. The lowest BCUT2D eigenvalue weighted by Crippen LogP contribution is -2.58. The topological polar surface area (TPSA) is 24.9 Å². The van der Waals surface area contributed by atoms with Gasteiger partial charge in [-0.1, -0.05) is 0 Å². The molecule has 2 aliphatic heterocycles. The maximum Gasteiger partial charge on any atom is 0.211 e. The summed E-state index contributed by atoms with van der Waals surface area (Å²) in [5.41, 5.74) is 3.89. The Kier molecular flexibility index (Phi) is 3.52. The number of nitrogens with zero attached hydrogens (tertiary/aromatic N) is 2. The molecule has 4 nitrogen and oxygen atoms in total. The van der Waals surface area contributed by atoms with E-state index in [0.29, 0.717) is 0 Å². The van der Waals surface area contributed by atoms with E-state index in [9.17, 15) is 0 Å². The minimum absolute atomic E-state index is 0.236. The van der Waals surface area contributed by atoms with Gasteiger partial charge in [0.25, 0.3) is 0 Å². The first-order chi connectivity index (χ1) is 12.3. The van der Waals surface area contributed by atoms with Crippen molar-refractivity contribution < 1.29 is 9.47 Å². The first-order valence-electron chi connectivity index (χ1n) is 8.92. The third-order valence-electron chi connectivity index (χ3n) is 5.90. The van der Waals surface area contributed by atoms with E-state index >= 15 is 0 Å². The van der Waals surface area contributed by atoms with Gasteiger partial charge in [0.1, 0.15) is 11.5 Å². The summed E-state index contributed by atoms with van der Waals surface area (Å²) in [4.78, 5) is 4.34. The Labute approximate surface area is 155 Å². The molecule has 1 atom stereocenters. The summed E-state index contributed by atoms with van der Waals surface area (Å²) in [6, 6.07) is 12.6. The van der Waals surface area contributed by atoms with Crippen LogP contribution in [0.5, 0.6) is 11.5 Å². The Bertz CT molecular complexity index is 901. The molecule has 0 fully saturated rings. The molecule has 0 aromatic heterocycles. The minimum Gasteiger partial charge on any atom is -0.497 e. The fourth-order valence-corrected chi connectivity index (χ4v) is 4.18. The van der Waals surface area contributed by atoms with Crippen molar-refractivity contribution in [1.29, 1.82) is 0 Å². The van der Waals surface area contributed by atoms with Crippen LogP contribution in [0.1, 0.15) is 25.0 Å². The van der Waals surface area contributed by atoms with E-state index in [4.69, 9.17) is 9.47 Å². The highest BCUT2D eigenvalue weighted by atomic mass is 16.5. The fraction of sp³-hybridized carbons (Fsp3) is 0.364. The van der Waals surface area contributed by atoms with Gasteiger partial charge >= 0.3 is 0 Å². The van der Waals surface area contributed by atoms with Crippen LogP contribution in [0.4, 0.5) is 11.4 Å². The van der Waals surface area contributed by atoms with E-state index in [0.717, 1.165) is 17.1 Å². The number of likely N-dealkylation sites (N-methyl/N-ethyl adjacent to an activating group) is 1.